The highest BCUT2D eigenvalue weighted by Gasteiger charge is 2.42. The molecule has 0 amide bonds. The van der Waals surface area contributed by atoms with Gasteiger partial charge < -0.3 is 14.2 Å². The first-order valence-corrected chi connectivity index (χ1v) is 11.7. The van der Waals surface area contributed by atoms with Crippen molar-refractivity contribution >= 4 is 0 Å². The Hall–Kier alpha value is -0.330. The van der Waals surface area contributed by atoms with Crippen LogP contribution in [0.15, 0.2) is 0 Å². The zero-order valence-corrected chi connectivity index (χ0v) is 20.1. The number of ether oxygens (including phenoxy) is 3. The molecule has 1 unspecified atom stereocenters. The van der Waals surface area contributed by atoms with Crippen molar-refractivity contribution in [1.82, 2.24) is 0 Å². The van der Waals surface area contributed by atoms with Crippen molar-refractivity contribution in [3.8, 4) is 0 Å². The van der Waals surface area contributed by atoms with Gasteiger partial charge in [0.2, 0.25) is 0 Å². The first-order valence-electron chi connectivity index (χ1n) is 11.7. The summed E-state index contributed by atoms with van der Waals surface area (Å²) in [5.74, 6) is 0.707. The lowest BCUT2D eigenvalue weighted by molar-refractivity contribution is -0.228. The van der Waals surface area contributed by atoms with Gasteiger partial charge in [-0.05, 0) is 76.5 Å². The number of hydrogen-bond acceptors (Lipinski definition) is 3. The average molecular weight is 439 g/mol. The van der Waals surface area contributed by atoms with Gasteiger partial charge in [-0.3, -0.25) is 0 Å². The topological polar surface area (TPSA) is 27.7 Å². The minimum absolute atomic E-state index is 0.00531. The van der Waals surface area contributed by atoms with Gasteiger partial charge in [0.15, 0.2) is 6.10 Å². The first kappa shape index (κ1) is 27.7. The first-order chi connectivity index (χ1) is 13.8. The van der Waals surface area contributed by atoms with E-state index in [0.717, 1.165) is 51.6 Å². The molecule has 1 aliphatic carbocycles. The van der Waals surface area contributed by atoms with Gasteiger partial charge in [0.05, 0.1) is 18.8 Å². The van der Waals surface area contributed by atoms with Crippen molar-refractivity contribution in [2.45, 2.75) is 111 Å². The third-order valence-corrected chi connectivity index (χ3v) is 6.00. The predicted molar refractivity (Wildman–Crippen MR) is 116 cm³/mol. The van der Waals surface area contributed by atoms with Crippen LogP contribution in [-0.2, 0) is 14.2 Å². The fourth-order valence-electron chi connectivity index (χ4n) is 4.08. The Morgan fingerprint density at radius 3 is 1.90 bits per heavy atom. The highest BCUT2D eigenvalue weighted by molar-refractivity contribution is 4.83. The molecule has 0 N–H and O–H groups in total. The van der Waals surface area contributed by atoms with Crippen molar-refractivity contribution < 1.29 is 27.4 Å². The Bertz CT molecular complexity index is 444. The minimum Gasteiger partial charge on any atom is -0.379 e. The van der Waals surface area contributed by atoms with Crippen molar-refractivity contribution in [2.75, 3.05) is 26.4 Å². The Morgan fingerprint density at radius 1 is 0.767 bits per heavy atom. The fraction of sp³-hybridized carbons (Fsp3) is 1.00. The van der Waals surface area contributed by atoms with Crippen LogP contribution >= 0.6 is 0 Å². The molecular formula is C24H45F3O3. The van der Waals surface area contributed by atoms with Crippen LogP contribution in [0.1, 0.15) is 92.9 Å². The largest absolute Gasteiger partial charge is 0.414 e. The van der Waals surface area contributed by atoms with E-state index in [1.165, 1.54) is 0 Å². The second-order valence-electron chi connectivity index (χ2n) is 10.9. The van der Waals surface area contributed by atoms with Crippen LogP contribution in [0.25, 0.3) is 0 Å². The molecule has 0 aromatic carbocycles. The average Bonchev–Trinajstić information content (AvgIpc) is 2.60. The lowest BCUT2D eigenvalue weighted by Gasteiger charge is -2.38. The Morgan fingerprint density at radius 2 is 1.37 bits per heavy atom. The maximum Gasteiger partial charge on any atom is 0.414 e. The Balaban J connectivity index is 2.18. The van der Waals surface area contributed by atoms with Gasteiger partial charge in [-0.2, -0.15) is 13.2 Å². The third kappa shape index (κ3) is 12.5. The smallest absolute Gasteiger partial charge is 0.379 e. The quantitative estimate of drug-likeness (QED) is 0.302. The molecule has 1 aliphatic rings. The van der Waals surface area contributed by atoms with Crippen LogP contribution in [0.4, 0.5) is 13.2 Å². The van der Waals surface area contributed by atoms with Gasteiger partial charge >= 0.3 is 6.18 Å². The van der Waals surface area contributed by atoms with Gasteiger partial charge in [0.25, 0.3) is 0 Å². The molecule has 3 nitrogen and oxygen atoms in total. The summed E-state index contributed by atoms with van der Waals surface area (Å²) < 4.78 is 56.5. The number of rotatable bonds is 12. The summed E-state index contributed by atoms with van der Waals surface area (Å²) in [5, 5.41) is 0. The van der Waals surface area contributed by atoms with Gasteiger partial charge in [-0.25, -0.2) is 0 Å². The second kappa shape index (κ2) is 12.6. The molecule has 1 saturated carbocycles. The molecule has 1 atom stereocenters. The van der Waals surface area contributed by atoms with Gasteiger partial charge in [-0.1, -0.05) is 33.6 Å². The predicted octanol–water partition coefficient (Wildman–Crippen LogP) is 7.18. The number of hydrogen-bond donors (Lipinski definition) is 0. The summed E-state index contributed by atoms with van der Waals surface area (Å²) >= 11 is 0. The molecule has 0 aliphatic heterocycles. The van der Waals surface area contributed by atoms with Crippen LogP contribution < -0.4 is 0 Å². The maximum atomic E-state index is 13.4. The Kier molecular flexibility index (Phi) is 11.7. The van der Waals surface area contributed by atoms with Crippen molar-refractivity contribution in [2.24, 2.45) is 17.3 Å². The lowest BCUT2D eigenvalue weighted by Crippen LogP contribution is -2.36. The van der Waals surface area contributed by atoms with Crippen LogP contribution in [0.5, 0.6) is 0 Å². The van der Waals surface area contributed by atoms with E-state index >= 15 is 0 Å². The number of alkyl halides is 3. The summed E-state index contributed by atoms with van der Waals surface area (Å²) in [6.45, 7) is 14.2. The SMILES string of the molecule is CC(C)(C)OCCCCCOCCOC(CC1CCC(C(C)(C)C)CC1)C(F)(F)F. The van der Waals surface area contributed by atoms with E-state index in [1.807, 2.05) is 20.8 Å². The molecule has 0 spiro atoms. The molecule has 30 heavy (non-hydrogen) atoms. The van der Waals surface area contributed by atoms with E-state index in [9.17, 15) is 13.2 Å². The van der Waals surface area contributed by atoms with Gasteiger partial charge in [0.1, 0.15) is 0 Å². The van der Waals surface area contributed by atoms with E-state index in [4.69, 9.17) is 14.2 Å². The normalized spacial score (nSPS) is 22.3. The summed E-state index contributed by atoms with van der Waals surface area (Å²) in [4.78, 5) is 0. The molecule has 0 heterocycles. The standard InChI is InChI=1S/C24H45F3O3/c1-22(2,3)20-12-10-19(11-13-20)18-21(24(25,26)27)29-17-16-28-14-8-7-9-15-30-23(4,5)6/h19-21H,7-18H2,1-6H3. The zero-order valence-electron chi connectivity index (χ0n) is 20.1. The minimum atomic E-state index is -4.31. The molecule has 0 aromatic rings. The van der Waals surface area contributed by atoms with Gasteiger partial charge in [0, 0.05) is 13.2 Å². The van der Waals surface area contributed by atoms with Crippen LogP contribution in [0, 0.1) is 17.3 Å². The number of unbranched alkanes of at least 4 members (excludes halogenated alkanes) is 2. The van der Waals surface area contributed by atoms with E-state index < -0.39 is 12.3 Å². The molecule has 0 radical (unpaired) electrons. The van der Waals surface area contributed by atoms with Crippen LogP contribution in [0.3, 0.4) is 0 Å². The van der Waals surface area contributed by atoms with E-state index in [2.05, 4.69) is 20.8 Å². The van der Waals surface area contributed by atoms with E-state index in [1.54, 1.807) is 0 Å². The summed E-state index contributed by atoms with van der Waals surface area (Å²) in [6.07, 6.45) is 0.692. The maximum absolute atomic E-state index is 13.4. The molecular weight excluding hydrogens is 393 g/mol. The third-order valence-electron chi connectivity index (χ3n) is 6.00. The van der Waals surface area contributed by atoms with Gasteiger partial charge in [-0.15, -0.1) is 0 Å². The molecule has 0 aromatic heterocycles. The molecule has 180 valence electrons. The van der Waals surface area contributed by atoms with Crippen molar-refractivity contribution in [1.29, 1.82) is 0 Å². The highest BCUT2D eigenvalue weighted by Crippen LogP contribution is 2.42. The van der Waals surface area contributed by atoms with Crippen molar-refractivity contribution in [3.05, 3.63) is 0 Å². The summed E-state index contributed by atoms with van der Waals surface area (Å²) in [7, 11) is 0. The molecule has 1 rings (SSSR count). The monoisotopic (exact) mass is 438 g/mol. The van der Waals surface area contributed by atoms with Crippen LogP contribution in [0.2, 0.25) is 0 Å². The summed E-state index contributed by atoms with van der Waals surface area (Å²) in [6, 6.07) is 0. The highest BCUT2D eigenvalue weighted by atomic mass is 19.4. The van der Waals surface area contributed by atoms with Crippen LogP contribution in [-0.4, -0.2) is 44.3 Å². The second-order valence-corrected chi connectivity index (χ2v) is 10.9. The summed E-state index contributed by atoms with van der Waals surface area (Å²) in [5.41, 5.74) is 0.122. The molecule has 1 fully saturated rings. The number of halogens is 3. The Labute approximate surface area is 182 Å². The van der Waals surface area contributed by atoms with E-state index in [-0.39, 0.29) is 36.6 Å². The molecule has 0 saturated heterocycles. The van der Waals surface area contributed by atoms with Crippen molar-refractivity contribution in [3.63, 3.8) is 0 Å². The molecule has 0 bridgehead atoms. The fourth-order valence-corrected chi connectivity index (χ4v) is 4.08. The molecule has 6 heteroatoms. The zero-order chi connectivity index (χ0) is 22.8. The van der Waals surface area contributed by atoms with E-state index in [0.29, 0.717) is 12.5 Å². The lowest BCUT2D eigenvalue weighted by atomic mass is 9.69.